The second-order valence-electron chi connectivity index (χ2n) is 5.10. The highest BCUT2D eigenvalue weighted by molar-refractivity contribution is 6.31. The van der Waals surface area contributed by atoms with Crippen molar-refractivity contribution in [1.29, 1.82) is 0 Å². The van der Waals surface area contributed by atoms with Gasteiger partial charge in [0.15, 0.2) is 0 Å². The fourth-order valence-corrected chi connectivity index (χ4v) is 2.70. The number of phenols is 1. The lowest BCUT2D eigenvalue weighted by Gasteiger charge is -2.16. The summed E-state index contributed by atoms with van der Waals surface area (Å²) < 4.78 is 0. The number of nitrogens with one attached hydrogen (secondary N) is 1. The maximum Gasteiger partial charge on any atom is 0.125 e. The molecule has 0 bridgehead atoms. The van der Waals surface area contributed by atoms with Crippen LogP contribution in [-0.2, 0) is 6.42 Å². The first-order chi connectivity index (χ1) is 9.63. The molecule has 2 rings (SSSR count). The second-order valence-corrected chi connectivity index (χ2v) is 5.48. The molecule has 0 unspecified atom stereocenters. The lowest BCUT2D eigenvalue weighted by molar-refractivity contribution is 0.264. The van der Waals surface area contributed by atoms with E-state index in [9.17, 15) is 5.11 Å². The molecule has 0 aliphatic heterocycles. The second kappa shape index (κ2) is 6.97. The maximum atomic E-state index is 9.98. The number of fused-ring (bicyclic) bond motifs is 1. The van der Waals surface area contributed by atoms with E-state index in [1.54, 1.807) is 12.1 Å². The molecule has 5 heteroatoms. The number of unbranched alkanes of at least 4 members (excludes halogenated alkanes) is 1. The van der Waals surface area contributed by atoms with Crippen LogP contribution in [-0.4, -0.2) is 46.8 Å². The van der Waals surface area contributed by atoms with Crippen molar-refractivity contribution in [3.05, 3.63) is 28.9 Å². The molecule has 0 aliphatic rings. The summed E-state index contributed by atoms with van der Waals surface area (Å²) in [6.45, 7) is 2.06. The Morgan fingerprint density at radius 2 is 2.05 bits per heavy atom. The summed E-state index contributed by atoms with van der Waals surface area (Å²) >= 11 is 6.23. The zero-order chi connectivity index (χ0) is 14.5. The van der Waals surface area contributed by atoms with Gasteiger partial charge in [-0.25, -0.2) is 0 Å². The van der Waals surface area contributed by atoms with E-state index in [2.05, 4.69) is 16.9 Å². The van der Waals surface area contributed by atoms with Crippen LogP contribution in [0.1, 0.15) is 18.4 Å². The predicted octanol–water partition coefficient (Wildman–Crippen LogP) is 2.77. The van der Waals surface area contributed by atoms with E-state index in [0.29, 0.717) is 5.15 Å². The molecule has 1 aromatic carbocycles. The van der Waals surface area contributed by atoms with Gasteiger partial charge in [0.2, 0.25) is 0 Å². The fourth-order valence-electron chi connectivity index (χ4n) is 2.41. The molecule has 0 fully saturated rings. The molecule has 0 saturated carbocycles. The highest BCUT2D eigenvalue weighted by Gasteiger charge is 2.13. The van der Waals surface area contributed by atoms with Gasteiger partial charge in [0.1, 0.15) is 10.9 Å². The summed E-state index contributed by atoms with van der Waals surface area (Å²) in [5, 5.41) is 20.2. The Kier molecular flexibility index (Phi) is 5.29. The van der Waals surface area contributed by atoms with Gasteiger partial charge < -0.3 is 20.1 Å². The van der Waals surface area contributed by atoms with Gasteiger partial charge in [0.05, 0.1) is 5.52 Å². The van der Waals surface area contributed by atoms with Gasteiger partial charge in [-0.15, -0.1) is 0 Å². The highest BCUT2D eigenvalue weighted by Crippen LogP contribution is 2.33. The fraction of sp³-hybridized carbons (Fsp3) is 0.467. The third-order valence-electron chi connectivity index (χ3n) is 3.55. The number of hydrogen-bond acceptors (Lipinski definition) is 3. The molecule has 3 N–H and O–H groups in total. The largest absolute Gasteiger partial charge is 0.507 e. The van der Waals surface area contributed by atoms with Crippen LogP contribution in [0.2, 0.25) is 5.15 Å². The molecule has 4 nitrogen and oxygen atoms in total. The highest BCUT2D eigenvalue weighted by atomic mass is 35.5. The topological polar surface area (TPSA) is 59.5 Å². The van der Waals surface area contributed by atoms with Gasteiger partial charge in [0.25, 0.3) is 0 Å². The number of benzene rings is 1. The van der Waals surface area contributed by atoms with Crippen molar-refractivity contribution in [2.24, 2.45) is 0 Å². The van der Waals surface area contributed by atoms with Gasteiger partial charge in [-0.1, -0.05) is 17.7 Å². The number of aromatic amines is 1. The average Bonchev–Trinajstić information content (AvgIpc) is 2.74. The number of nitrogens with zero attached hydrogens (tertiary/aromatic N) is 1. The summed E-state index contributed by atoms with van der Waals surface area (Å²) in [7, 11) is 2.06. The van der Waals surface area contributed by atoms with E-state index >= 15 is 0 Å². The van der Waals surface area contributed by atoms with Gasteiger partial charge in [-0.05, 0) is 45.0 Å². The minimum Gasteiger partial charge on any atom is -0.507 e. The van der Waals surface area contributed by atoms with E-state index in [1.807, 2.05) is 6.07 Å². The maximum absolute atomic E-state index is 9.98. The number of H-pyrrole nitrogens is 1. The molecule has 0 aliphatic carbocycles. The van der Waals surface area contributed by atoms with E-state index in [4.69, 9.17) is 16.7 Å². The third-order valence-corrected chi connectivity index (χ3v) is 3.87. The first-order valence-electron chi connectivity index (χ1n) is 6.91. The van der Waals surface area contributed by atoms with E-state index in [1.165, 1.54) is 0 Å². The van der Waals surface area contributed by atoms with E-state index < -0.39 is 0 Å². The number of rotatable bonds is 7. The Hall–Kier alpha value is -1.23. The number of phenolic OH excluding ortho intramolecular Hbond substituents is 1. The molecule has 2 aromatic rings. The Morgan fingerprint density at radius 1 is 1.25 bits per heavy atom. The molecule has 1 heterocycles. The van der Waals surface area contributed by atoms with Crippen molar-refractivity contribution in [1.82, 2.24) is 9.88 Å². The van der Waals surface area contributed by atoms with Crippen molar-refractivity contribution in [2.45, 2.75) is 19.3 Å². The van der Waals surface area contributed by atoms with Crippen LogP contribution in [0.15, 0.2) is 18.2 Å². The number of aliphatic hydroxyl groups is 1. The van der Waals surface area contributed by atoms with Crippen molar-refractivity contribution >= 4 is 22.5 Å². The molecule has 20 heavy (non-hydrogen) atoms. The molecular formula is C15H21ClN2O2. The van der Waals surface area contributed by atoms with Crippen molar-refractivity contribution in [2.75, 3.05) is 26.7 Å². The average molecular weight is 297 g/mol. The van der Waals surface area contributed by atoms with Crippen LogP contribution in [0.4, 0.5) is 0 Å². The summed E-state index contributed by atoms with van der Waals surface area (Å²) in [4.78, 5) is 5.31. The normalized spacial score (nSPS) is 11.6. The number of aromatic nitrogens is 1. The minimum atomic E-state index is 0.246. The Balaban J connectivity index is 2.04. The summed E-state index contributed by atoms with van der Waals surface area (Å²) in [6, 6.07) is 5.39. The molecule has 0 radical (unpaired) electrons. The van der Waals surface area contributed by atoms with Gasteiger partial charge >= 0.3 is 0 Å². The minimum absolute atomic E-state index is 0.246. The lowest BCUT2D eigenvalue weighted by atomic mass is 10.1. The number of hydrogen-bond donors (Lipinski definition) is 3. The molecular weight excluding hydrogens is 276 g/mol. The zero-order valence-corrected chi connectivity index (χ0v) is 12.5. The van der Waals surface area contributed by atoms with Crippen LogP contribution < -0.4 is 0 Å². The number of likely N-dealkylation sites (N-methyl/N-ethyl adjacent to an activating group) is 1. The standard InChI is InChI=1S/C15H21ClN2O2/c1-18(8-2-3-10-19)9-7-11-14-12(17-15(11)16)5-4-6-13(14)20/h4-6,17,19-20H,2-3,7-10H2,1H3. The number of aliphatic hydroxyl groups excluding tert-OH is 1. The lowest BCUT2D eigenvalue weighted by Crippen LogP contribution is -2.22. The molecule has 0 amide bonds. The molecule has 1 aromatic heterocycles. The first-order valence-corrected chi connectivity index (χ1v) is 7.28. The molecule has 0 saturated heterocycles. The Bertz CT molecular complexity index is 568. The van der Waals surface area contributed by atoms with Gasteiger partial charge in [-0.2, -0.15) is 0 Å². The molecule has 110 valence electrons. The van der Waals surface area contributed by atoms with Crippen molar-refractivity contribution < 1.29 is 10.2 Å². The third kappa shape index (κ3) is 3.45. The Labute approximate surface area is 124 Å². The van der Waals surface area contributed by atoms with Crippen molar-refractivity contribution in [3.63, 3.8) is 0 Å². The summed E-state index contributed by atoms with van der Waals surface area (Å²) in [6.07, 6.45) is 2.60. The summed E-state index contributed by atoms with van der Waals surface area (Å²) in [5.41, 5.74) is 1.83. The SMILES string of the molecule is CN(CCCCO)CCc1c(Cl)[nH]c2cccc(O)c12. The zero-order valence-electron chi connectivity index (χ0n) is 11.7. The van der Waals surface area contributed by atoms with Crippen LogP contribution in [0.5, 0.6) is 5.75 Å². The van der Waals surface area contributed by atoms with Gasteiger partial charge in [0, 0.05) is 24.1 Å². The van der Waals surface area contributed by atoms with E-state index in [0.717, 1.165) is 48.8 Å². The van der Waals surface area contributed by atoms with Crippen LogP contribution in [0, 0.1) is 0 Å². The number of halogens is 1. The molecule has 0 atom stereocenters. The van der Waals surface area contributed by atoms with Crippen molar-refractivity contribution in [3.8, 4) is 5.75 Å². The van der Waals surface area contributed by atoms with Gasteiger partial charge in [-0.3, -0.25) is 0 Å². The Morgan fingerprint density at radius 3 is 2.80 bits per heavy atom. The van der Waals surface area contributed by atoms with Crippen LogP contribution >= 0.6 is 11.6 Å². The predicted molar refractivity (Wildman–Crippen MR) is 82.5 cm³/mol. The first kappa shape index (κ1) is 15.2. The van der Waals surface area contributed by atoms with Crippen LogP contribution in [0.3, 0.4) is 0 Å². The van der Waals surface area contributed by atoms with E-state index in [-0.39, 0.29) is 12.4 Å². The monoisotopic (exact) mass is 296 g/mol. The number of aromatic hydroxyl groups is 1. The summed E-state index contributed by atoms with van der Waals surface area (Å²) in [5.74, 6) is 0.267. The molecule has 0 spiro atoms. The van der Waals surface area contributed by atoms with Crippen LogP contribution in [0.25, 0.3) is 10.9 Å². The quantitative estimate of drug-likeness (QED) is 0.689. The smallest absolute Gasteiger partial charge is 0.125 e.